The molecule has 116 valence electrons. The molecule has 0 saturated carbocycles. The molecule has 0 spiro atoms. The van der Waals surface area contributed by atoms with E-state index in [4.69, 9.17) is 11.6 Å². The third-order valence-electron chi connectivity index (χ3n) is 4.15. The van der Waals surface area contributed by atoms with Crippen molar-refractivity contribution in [3.63, 3.8) is 0 Å². The highest BCUT2D eigenvalue weighted by Gasteiger charge is 2.29. The number of amides is 1. The van der Waals surface area contributed by atoms with Gasteiger partial charge in [0.2, 0.25) is 0 Å². The Morgan fingerprint density at radius 2 is 2.05 bits per heavy atom. The van der Waals surface area contributed by atoms with Gasteiger partial charge in [0.1, 0.15) is 0 Å². The quantitative estimate of drug-likeness (QED) is 0.850. The molecule has 1 saturated heterocycles. The zero-order chi connectivity index (χ0) is 15.2. The average Bonchev–Trinajstić information content (AvgIpc) is 2.52. The molecule has 1 amide bonds. The van der Waals surface area contributed by atoms with Crippen molar-refractivity contribution < 1.29 is 9.69 Å². The van der Waals surface area contributed by atoms with Gasteiger partial charge in [-0.05, 0) is 25.5 Å². The number of hydrogen-bond acceptors (Lipinski definition) is 2. The summed E-state index contributed by atoms with van der Waals surface area (Å²) in [5.41, 5.74) is 1.10. The number of anilines is 1. The average molecular weight is 311 g/mol. The number of hydrogen-bond donors (Lipinski definition) is 2. The van der Waals surface area contributed by atoms with Crippen LogP contribution < -0.4 is 15.1 Å². The van der Waals surface area contributed by atoms with E-state index in [1.807, 2.05) is 25.1 Å². The number of para-hydroxylation sites is 1. The van der Waals surface area contributed by atoms with Crippen LogP contribution in [0.1, 0.15) is 20.3 Å². The van der Waals surface area contributed by atoms with Gasteiger partial charge in [-0.15, -0.1) is 0 Å². The van der Waals surface area contributed by atoms with E-state index in [1.165, 1.54) is 4.90 Å². The molecule has 2 rings (SSSR count). The van der Waals surface area contributed by atoms with Crippen molar-refractivity contribution in [3.8, 4) is 0 Å². The number of carbonyl (C=O) groups is 1. The van der Waals surface area contributed by atoms with Gasteiger partial charge in [-0.2, -0.15) is 0 Å². The molecule has 1 atom stereocenters. The van der Waals surface area contributed by atoms with Gasteiger partial charge in [-0.1, -0.05) is 30.7 Å². The Bertz CT molecular complexity index is 472. The van der Waals surface area contributed by atoms with Crippen LogP contribution in [-0.4, -0.2) is 44.7 Å². The highest BCUT2D eigenvalue weighted by molar-refractivity contribution is 6.33. The molecule has 1 heterocycles. The number of benzene rings is 1. The molecule has 0 unspecified atom stereocenters. The molecule has 5 heteroatoms. The maximum absolute atomic E-state index is 12.0. The summed E-state index contributed by atoms with van der Waals surface area (Å²) < 4.78 is 0. The van der Waals surface area contributed by atoms with Gasteiger partial charge in [-0.25, -0.2) is 0 Å². The summed E-state index contributed by atoms with van der Waals surface area (Å²) in [6, 6.07) is 7.97. The molecule has 21 heavy (non-hydrogen) atoms. The van der Waals surface area contributed by atoms with E-state index < -0.39 is 0 Å². The molecule has 1 aliphatic rings. The number of carbonyl (C=O) groups excluding carboxylic acids is 1. The standard InChI is InChI=1S/C16H24ClN3O/c1-3-8-18-16(21)13(2)19-9-11-20(12-10-19)15-7-5-4-6-14(15)17/h4-7,13H,3,8-12H2,1-2H3,(H,18,21)/p+1/t13-/m1/s1. The van der Waals surface area contributed by atoms with E-state index in [2.05, 4.69) is 23.2 Å². The van der Waals surface area contributed by atoms with Crippen LogP contribution in [-0.2, 0) is 4.79 Å². The van der Waals surface area contributed by atoms with E-state index in [-0.39, 0.29) is 11.9 Å². The Kier molecular flexibility index (Phi) is 5.88. The first-order valence-corrected chi connectivity index (χ1v) is 8.13. The monoisotopic (exact) mass is 310 g/mol. The summed E-state index contributed by atoms with van der Waals surface area (Å²) in [5, 5.41) is 3.79. The van der Waals surface area contributed by atoms with Gasteiger partial charge in [-0.3, -0.25) is 4.79 Å². The van der Waals surface area contributed by atoms with Crippen LogP contribution in [0.2, 0.25) is 5.02 Å². The van der Waals surface area contributed by atoms with Gasteiger partial charge in [0.05, 0.1) is 36.9 Å². The lowest BCUT2D eigenvalue weighted by molar-refractivity contribution is -0.914. The molecule has 1 aromatic rings. The van der Waals surface area contributed by atoms with Gasteiger partial charge in [0.25, 0.3) is 5.91 Å². The number of nitrogens with one attached hydrogen (secondary N) is 2. The Morgan fingerprint density at radius 1 is 1.38 bits per heavy atom. The van der Waals surface area contributed by atoms with Gasteiger partial charge >= 0.3 is 0 Å². The van der Waals surface area contributed by atoms with E-state index >= 15 is 0 Å². The molecule has 0 bridgehead atoms. The van der Waals surface area contributed by atoms with E-state index in [0.29, 0.717) is 0 Å². The lowest BCUT2D eigenvalue weighted by Gasteiger charge is -2.36. The van der Waals surface area contributed by atoms with Crippen molar-refractivity contribution >= 4 is 23.2 Å². The van der Waals surface area contributed by atoms with E-state index in [0.717, 1.165) is 49.9 Å². The molecule has 0 radical (unpaired) electrons. The first-order chi connectivity index (χ1) is 10.1. The fourth-order valence-corrected chi connectivity index (χ4v) is 3.02. The molecule has 0 aromatic heterocycles. The van der Waals surface area contributed by atoms with Crippen LogP contribution in [0.25, 0.3) is 0 Å². The van der Waals surface area contributed by atoms with Crippen LogP contribution in [0, 0.1) is 0 Å². The van der Waals surface area contributed by atoms with Crippen LogP contribution in [0.5, 0.6) is 0 Å². The fraction of sp³-hybridized carbons (Fsp3) is 0.562. The van der Waals surface area contributed by atoms with Crippen LogP contribution in [0.15, 0.2) is 24.3 Å². The summed E-state index contributed by atoms with van der Waals surface area (Å²) >= 11 is 6.25. The van der Waals surface area contributed by atoms with Crippen molar-refractivity contribution in [3.05, 3.63) is 29.3 Å². The molecular formula is C16H25ClN3O+. The second-order valence-electron chi connectivity index (χ2n) is 5.61. The summed E-state index contributed by atoms with van der Waals surface area (Å²) in [6.07, 6.45) is 0.980. The van der Waals surface area contributed by atoms with Gasteiger partial charge in [0, 0.05) is 6.54 Å². The second-order valence-corrected chi connectivity index (χ2v) is 6.02. The lowest BCUT2D eigenvalue weighted by Crippen LogP contribution is -3.19. The van der Waals surface area contributed by atoms with E-state index in [9.17, 15) is 4.79 Å². The number of nitrogens with zero attached hydrogens (tertiary/aromatic N) is 1. The smallest absolute Gasteiger partial charge is 0.278 e. The predicted molar refractivity (Wildman–Crippen MR) is 87.1 cm³/mol. The van der Waals surface area contributed by atoms with Crippen LogP contribution >= 0.6 is 11.6 Å². The minimum absolute atomic E-state index is 0.0185. The zero-order valence-corrected chi connectivity index (χ0v) is 13.6. The topological polar surface area (TPSA) is 36.8 Å². The third-order valence-corrected chi connectivity index (χ3v) is 4.47. The summed E-state index contributed by atoms with van der Waals surface area (Å²) in [4.78, 5) is 15.7. The van der Waals surface area contributed by atoms with Crippen molar-refractivity contribution in [2.45, 2.75) is 26.3 Å². The Morgan fingerprint density at radius 3 is 2.67 bits per heavy atom. The van der Waals surface area contributed by atoms with Crippen LogP contribution in [0.4, 0.5) is 5.69 Å². The normalized spacial score (nSPS) is 17.6. The van der Waals surface area contributed by atoms with Gasteiger partial charge < -0.3 is 15.1 Å². The van der Waals surface area contributed by atoms with Crippen molar-refractivity contribution in [1.82, 2.24) is 5.32 Å². The molecule has 1 aliphatic heterocycles. The number of quaternary nitrogens is 1. The number of piperazine rings is 1. The van der Waals surface area contributed by atoms with Crippen LogP contribution in [0.3, 0.4) is 0 Å². The molecule has 4 nitrogen and oxygen atoms in total. The van der Waals surface area contributed by atoms with E-state index in [1.54, 1.807) is 0 Å². The molecule has 2 N–H and O–H groups in total. The highest BCUT2D eigenvalue weighted by Crippen LogP contribution is 2.24. The first kappa shape index (κ1) is 16.1. The molecular weight excluding hydrogens is 286 g/mol. The minimum atomic E-state index is 0.0185. The lowest BCUT2D eigenvalue weighted by atomic mass is 10.2. The summed E-state index contributed by atoms with van der Waals surface area (Å²) in [6.45, 7) is 8.65. The maximum Gasteiger partial charge on any atom is 0.278 e. The Hall–Kier alpha value is -1.26. The summed E-state index contributed by atoms with van der Waals surface area (Å²) in [5.74, 6) is 0.165. The maximum atomic E-state index is 12.0. The highest BCUT2D eigenvalue weighted by atomic mass is 35.5. The molecule has 1 fully saturated rings. The Balaban J connectivity index is 1.88. The third kappa shape index (κ3) is 4.11. The van der Waals surface area contributed by atoms with Gasteiger partial charge in [0.15, 0.2) is 6.04 Å². The number of halogens is 1. The van der Waals surface area contributed by atoms with Crippen molar-refractivity contribution in [2.75, 3.05) is 37.6 Å². The molecule has 1 aromatic carbocycles. The number of rotatable bonds is 5. The van der Waals surface area contributed by atoms with Crippen molar-refractivity contribution in [1.29, 1.82) is 0 Å². The second kappa shape index (κ2) is 7.66. The SMILES string of the molecule is CCCNC(=O)[C@@H](C)[NH+]1CCN(c2ccccc2Cl)CC1. The largest absolute Gasteiger partial charge is 0.359 e. The first-order valence-electron chi connectivity index (χ1n) is 7.75. The molecule has 0 aliphatic carbocycles. The van der Waals surface area contributed by atoms with Crippen molar-refractivity contribution in [2.24, 2.45) is 0 Å². The Labute approximate surface area is 132 Å². The minimum Gasteiger partial charge on any atom is -0.359 e. The zero-order valence-electron chi connectivity index (χ0n) is 12.9. The fourth-order valence-electron chi connectivity index (χ4n) is 2.76. The summed E-state index contributed by atoms with van der Waals surface area (Å²) in [7, 11) is 0. The predicted octanol–water partition coefficient (Wildman–Crippen LogP) is 0.960.